The smallest absolute Gasteiger partial charge is 0.328 e. The predicted octanol–water partition coefficient (Wildman–Crippen LogP) is 5.71. The summed E-state index contributed by atoms with van der Waals surface area (Å²) in [6.07, 6.45) is 0.339. The SMILES string of the molecule is CC[C@H]([C@H](NC(=O)N(c1ccccc1)c1ccccc1)C(=O)O)N(C)C(=O)N(CC)Cc1cc(C)cs1. The molecule has 0 aliphatic carbocycles. The fourth-order valence-electron chi connectivity index (χ4n) is 4.23. The van der Waals surface area contributed by atoms with E-state index in [4.69, 9.17) is 0 Å². The molecular formula is C28H34N4O4S. The predicted molar refractivity (Wildman–Crippen MR) is 147 cm³/mol. The van der Waals surface area contributed by atoms with E-state index in [1.54, 1.807) is 47.5 Å². The number of likely N-dealkylation sites (N-methyl/N-ethyl adjacent to an activating group) is 1. The van der Waals surface area contributed by atoms with Crippen LogP contribution in [0.3, 0.4) is 0 Å². The molecule has 0 aliphatic heterocycles. The molecule has 1 aromatic heterocycles. The second-order valence-corrected chi connectivity index (χ2v) is 9.74. The Bertz CT molecular complexity index is 1150. The van der Waals surface area contributed by atoms with E-state index in [-0.39, 0.29) is 6.03 Å². The number of carboxylic acid groups (broad SMARTS) is 1. The molecule has 196 valence electrons. The number of aliphatic carboxylic acids is 1. The molecule has 0 fully saturated rings. The lowest BCUT2D eigenvalue weighted by Crippen LogP contribution is -2.59. The van der Waals surface area contributed by atoms with Gasteiger partial charge in [-0.15, -0.1) is 11.3 Å². The first-order chi connectivity index (χ1) is 17.8. The molecule has 8 nitrogen and oxygen atoms in total. The van der Waals surface area contributed by atoms with Gasteiger partial charge in [0.25, 0.3) is 0 Å². The maximum absolute atomic E-state index is 13.5. The van der Waals surface area contributed by atoms with Crippen LogP contribution in [-0.4, -0.2) is 58.6 Å². The van der Waals surface area contributed by atoms with E-state index >= 15 is 0 Å². The van der Waals surface area contributed by atoms with Crippen LogP contribution in [0, 0.1) is 6.92 Å². The summed E-state index contributed by atoms with van der Waals surface area (Å²) in [6.45, 7) is 6.61. The standard InChI is InChI=1S/C28H34N4O4S/c1-5-24(30(4)28(36)31(6-2)18-23-17-20(3)19-37-23)25(26(33)34)29-27(35)32(21-13-9-7-10-14-21)22-15-11-8-12-16-22/h7-17,19,24-25H,5-6,18H2,1-4H3,(H,29,35)(H,33,34)/t24-,25+/m1/s1. The number of rotatable bonds is 10. The molecule has 1 heterocycles. The quantitative estimate of drug-likeness (QED) is 0.357. The van der Waals surface area contributed by atoms with Crippen molar-refractivity contribution >= 4 is 40.7 Å². The Morgan fingerprint density at radius 3 is 1.97 bits per heavy atom. The van der Waals surface area contributed by atoms with Crippen LogP contribution in [0.2, 0.25) is 0 Å². The first kappa shape index (κ1) is 27.7. The summed E-state index contributed by atoms with van der Waals surface area (Å²) in [5.41, 5.74) is 2.32. The number of carbonyl (C=O) groups is 3. The van der Waals surface area contributed by atoms with Gasteiger partial charge in [-0.3, -0.25) is 4.90 Å². The van der Waals surface area contributed by atoms with Crippen molar-refractivity contribution in [1.82, 2.24) is 15.1 Å². The zero-order chi connectivity index (χ0) is 26.9. The Balaban J connectivity index is 1.84. The lowest BCUT2D eigenvalue weighted by Gasteiger charge is -2.36. The summed E-state index contributed by atoms with van der Waals surface area (Å²) < 4.78 is 0. The first-order valence-electron chi connectivity index (χ1n) is 12.3. The second kappa shape index (κ2) is 12.9. The number of benzene rings is 2. The highest BCUT2D eigenvalue weighted by Gasteiger charge is 2.36. The largest absolute Gasteiger partial charge is 0.480 e. The molecule has 3 aromatic rings. The van der Waals surface area contributed by atoms with Crippen molar-refractivity contribution in [1.29, 1.82) is 0 Å². The number of urea groups is 2. The van der Waals surface area contributed by atoms with Gasteiger partial charge < -0.3 is 20.2 Å². The van der Waals surface area contributed by atoms with Crippen LogP contribution in [0.1, 0.15) is 30.7 Å². The van der Waals surface area contributed by atoms with Gasteiger partial charge in [0.15, 0.2) is 0 Å². The molecule has 0 saturated heterocycles. The number of carboxylic acids is 1. The van der Waals surface area contributed by atoms with Gasteiger partial charge in [-0.1, -0.05) is 43.3 Å². The molecule has 0 aliphatic rings. The van der Waals surface area contributed by atoms with E-state index in [0.29, 0.717) is 30.9 Å². The summed E-state index contributed by atoms with van der Waals surface area (Å²) in [7, 11) is 1.59. The zero-order valence-corrected chi connectivity index (χ0v) is 22.4. The highest BCUT2D eigenvalue weighted by molar-refractivity contribution is 7.10. The maximum atomic E-state index is 13.5. The van der Waals surface area contributed by atoms with Crippen molar-refractivity contribution < 1.29 is 19.5 Å². The normalized spacial score (nSPS) is 12.3. The molecule has 2 N–H and O–H groups in total. The van der Waals surface area contributed by atoms with Gasteiger partial charge in [-0.2, -0.15) is 0 Å². The lowest BCUT2D eigenvalue weighted by molar-refractivity contribution is -0.140. The highest BCUT2D eigenvalue weighted by Crippen LogP contribution is 2.25. The number of amides is 4. The Hall–Kier alpha value is -3.85. The van der Waals surface area contributed by atoms with Crippen LogP contribution in [0.25, 0.3) is 0 Å². The summed E-state index contributed by atoms with van der Waals surface area (Å²) in [4.78, 5) is 45.0. The third-order valence-corrected chi connectivity index (χ3v) is 7.20. The molecule has 0 bridgehead atoms. The molecule has 0 saturated carbocycles. The number of para-hydroxylation sites is 2. The number of nitrogens with zero attached hydrogens (tertiary/aromatic N) is 3. The minimum Gasteiger partial charge on any atom is -0.480 e. The van der Waals surface area contributed by atoms with E-state index in [2.05, 4.69) is 5.32 Å². The second-order valence-electron chi connectivity index (χ2n) is 8.75. The molecule has 2 atom stereocenters. The van der Waals surface area contributed by atoms with Crippen molar-refractivity contribution in [2.45, 2.75) is 45.8 Å². The van der Waals surface area contributed by atoms with E-state index < -0.39 is 24.1 Å². The number of nitrogens with one attached hydrogen (secondary N) is 1. The Morgan fingerprint density at radius 2 is 1.54 bits per heavy atom. The number of aryl methyl sites for hydroxylation is 1. The summed E-state index contributed by atoms with van der Waals surface area (Å²) in [6, 6.07) is 17.1. The van der Waals surface area contributed by atoms with E-state index in [9.17, 15) is 19.5 Å². The fraction of sp³-hybridized carbons (Fsp3) is 0.321. The third-order valence-electron chi connectivity index (χ3n) is 6.16. The first-order valence-corrected chi connectivity index (χ1v) is 13.1. The number of hydrogen-bond donors (Lipinski definition) is 2. The van der Waals surface area contributed by atoms with Gasteiger partial charge in [0.05, 0.1) is 24.0 Å². The van der Waals surface area contributed by atoms with Crippen LogP contribution in [-0.2, 0) is 11.3 Å². The van der Waals surface area contributed by atoms with Gasteiger partial charge in [-0.05, 0) is 61.5 Å². The monoisotopic (exact) mass is 522 g/mol. The van der Waals surface area contributed by atoms with Crippen molar-refractivity contribution in [3.8, 4) is 0 Å². The average molecular weight is 523 g/mol. The molecule has 3 rings (SSSR count). The van der Waals surface area contributed by atoms with Crippen molar-refractivity contribution in [3.63, 3.8) is 0 Å². The Morgan fingerprint density at radius 1 is 0.973 bits per heavy atom. The van der Waals surface area contributed by atoms with Crippen LogP contribution in [0.15, 0.2) is 72.1 Å². The van der Waals surface area contributed by atoms with Crippen molar-refractivity contribution in [2.24, 2.45) is 0 Å². The summed E-state index contributed by atoms with van der Waals surface area (Å²) in [5, 5.41) is 14.9. The number of anilines is 2. The van der Waals surface area contributed by atoms with Crippen LogP contribution >= 0.6 is 11.3 Å². The summed E-state index contributed by atoms with van der Waals surface area (Å²) in [5.74, 6) is -1.21. The molecule has 4 amide bonds. The number of thiophene rings is 1. The Labute approximate surface area is 222 Å². The van der Waals surface area contributed by atoms with Gasteiger partial charge in [0.2, 0.25) is 0 Å². The maximum Gasteiger partial charge on any atom is 0.328 e. The fourth-order valence-corrected chi connectivity index (χ4v) is 5.12. The minimum atomic E-state index is -1.32. The summed E-state index contributed by atoms with van der Waals surface area (Å²) >= 11 is 1.59. The van der Waals surface area contributed by atoms with Crippen LogP contribution < -0.4 is 10.2 Å². The zero-order valence-electron chi connectivity index (χ0n) is 21.6. The molecule has 9 heteroatoms. The van der Waals surface area contributed by atoms with Gasteiger partial charge in [-0.25, -0.2) is 14.4 Å². The van der Waals surface area contributed by atoms with E-state index in [0.717, 1.165) is 10.4 Å². The number of hydrogen-bond acceptors (Lipinski definition) is 4. The van der Waals surface area contributed by atoms with Crippen LogP contribution in [0.4, 0.5) is 21.0 Å². The van der Waals surface area contributed by atoms with Crippen molar-refractivity contribution in [3.05, 3.63) is 82.6 Å². The van der Waals surface area contributed by atoms with E-state index in [1.807, 2.05) is 68.6 Å². The third kappa shape index (κ3) is 6.89. The molecule has 2 aromatic carbocycles. The molecule has 0 unspecified atom stereocenters. The van der Waals surface area contributed by atoms with Gasteiger partial charge in [0.1, 0.15) is 6.04 Å². The van der Waals surface area contributed by atoms with Gasteiger partial charge >= 0.3 is 18.0 Å². The molecular weight excluding hydrogens is 488 g/mol. The topological polar surface area (TPSA) is 93.2 Å². The van der Waals surface area contributed by atoms with E-state index in [1.165, 1.54) is 9.80 Å². The number of carbonyl (C=O) groups excluding carboxylic acids is 2. The van der Waals surface area contributed by atoms with Crippen molar-refractivity contribution in [2.75, 3.05) is 18.5 Å². The minimum absolute atomic E-state index is 0.288. The Kier molecular flexibility index (Phi) is 9.68. The molecule has 37 heavy (non-hydrogen) atoms. The van der Waals surface area contributed by atoms with Crippen LogP contribution in [0.5, 0.6) is 0 Å². The molecule has 0 spiro atoms. The van der Waals surface area contributed by atoms with Gasteiger partial charge in [0, 0.05) is 18.5 Å². The lowest BCUT2D eigenvalue weighted by atomic mass is 10.0. The molecule has 0 radical (unpaired) electrons. The highest BCUT2D eigenvalue weighted by atomic mass is 32.1. The average Bonchev–Trinajstić information content (AvgIpc) is 3.32.